The molecule has 0 aromatic carbocycles. The summed E-state index contributed by atoms with van der Waals surface area (Å²) in [6, 6.07) is 0. The van der Waals surface area contributed by atoms with Gasteiger partial charge in [0.1, 0.15) is 11.7 Å². The quantitative estimate of drug-likeness (QED) is 0.443. The van der Waals surface area contributed by atoms with Crippen LogP contribution < -0.4 is 0 Å². The number of aliphatic hydroxyl groups excluding tert-OH is 1. The van der Waals surface area contributed by atoms with Crippen molar-refractivity contribution in [2.45, 2.75) is 110 Å². The van der Waals surface area contributed by atoms with Crippen molar-refractivity contribution in [3.05, 3.63) is 23.8 Å². The summed E-state index contributed by atoms with van der Waals surface area (Å²) >= 11 is 0. The summed E-state index contributed by atoms with van der Waals surface area (Å²) in [5.74, 6) is -0.388. The molecule has 0 aromatic rings. The van der Waals surface area contributed by atoms with E-state index in [9.17, 15) is 15.0 Å². The normalized spacial score (nSPS) is 39.2. The molecule has 2 fully saturated rings. The van der Waals surface area contributed by atoms with E-state index in [4.69, 9.17) is 19.3 Å². The first-order valence-electron chi connectivity index (χ1n) is 12.0. The maximum Gasteiger partial charge on any atom is 0.305 e. The SMILES string of the molecule is CO[C@H]1[C@@H](C)OC(C(C)(C)C[C@H](C)/C=C\C=C(/C)[C@H]2O[C@@H](CC(=O)O)C[C@@H](O)[C@@]2(C)O)[C@@H]1C. The van der Waals surface area contributed by atoms with E-state index in [1.165, 1.54) is 6.92 Å². The van der Waals surface area contributed by atoms with Gasteiger partial charge in [0.25, 0.3) is 0 Å². The van der Waals surface area contributed by atoms with Crippen LogP contribution in [0.25, 0.3) is 0 Å². The van der Waals surface area contributed by atoms with Crippen molar-refractivity contribution in [1.82, 2.24) is 0 Å². The van der Waals surface area contributed by atoms with Crippen LogP contribution in [0.3, 0.4) is 0 Å². The Morgan fingerprint density at radius 2 is 1.94 bits per heavy atom. The highest BCUT2D eigenvalue weighted by molar-refractivity contribution is 5.67. The van der Waals surface area contributed by atoms with Crippen molar-refractivity contribution in [1.29, 1.82) is 0 Å². The molecule has 0 aromatic heterocycles. The fourth-order valence-electron chi connectivity index (χ4n) is 5.78. The fourth-order valence-corrected chi connectivity index (χ4v) is 5.78. The van der Waals surface area contributed by atoms with E-state index < -0.39 is 29.9 Å². The molecule has 2 aliphatic rings. The molecular weight excluding hydrogens is 424 g/mol. The van der Waals surface area contributed by atoms with Gasteiger partial charge in [0.2, 0.25) is 0 Å². The van der Waals surface area contributed by atoms with Crippen molar-refractivity contribution in [3.8, 4) is 0 Å². The molecule has 0 radical (unpaired) electrons. The number of carboxylic acid groups (broad SMARTS) is 1. The van der Waals surface area contributed by atoms with Gasteiger partial charge in [-0.1, -0.05) is 45.9 Å². The van der Waals surface area contributed by atoms with Gasteiger partial charge in [-0.25, -0.2) is 0 Å². The number of allylic oxidation sites excluding steroid dienone is 3. The Balaban J connectivity index is 2.04. The molecule has 0 saturated carbocycles. The fraction of sp³-hybridized carbons (Fsp3) is 0.808. The summed E-state index contributed by atoms with van der Waals surface area (Å²) < 4.78 is 17.8. The third kappa shape index (κ3) is 6.67. The second-order valence-electron chi connectivity index (χ2n) is 11.0. The van der Waals surface area contributed by atoms with Crippen LogP contribution in [0.4, 0.5) is 0 Å². The van der Waals surface area contributed by atoms with Crippen molar-refractivity contribution in [2.75, 3.05) is 7.11 Å². The second-order valence-corrected chi connectivity index (χ2v) is 11.0. The van der Waals surface area contributed by atoms with Crippen LogP contribution in [-0.4, -0.2) is 70.6 Å². The van der Waals surface area contributed by atoms with E-state index >= 15 is 0 Å². The number of hydrogen-bond acceptors (Lipinski definition) is 6. The summed E-state index contributed by atoms with van der Waals surface area (Å²) in [4.78, 5) is 11.1. The van der Waals surface area contributed by atoms with Crippen LogP contribution in [0, 0.1) is 17.3 Å². The number of aliphatic carboxylic acids is 1. The zero-order valence-corrected chi connectivity index (χ0v) is 21.4. The van der Waals surface area contributed by atoms with E-state index in [2.05, 4.69) is 40.7 Å². The molecule has 1 unspecified atom stereocenters. The smallest absolute Gasteiger partial charge is 0.305 e. The van der Waals surface area contributed by atoms with Crippen LogP contribution in [0.1, 0.15) is 67.7 Å². The first kappa shape index (κ1) is 28.0. The minimum absolute atomic E-state index is 0.0339. The lowest BCUT2D eigenvalue weighted by molar-refractivity contribution is -0.209. The topological polar surface area (TPSA) is 105 Å². The molecule has 2 heterocycles. The highest BCUT2D eigenvalue weighted by Crippen LogP contribution is 2.43. The summed E-state index contributed by atoms with van der Waals surface area (Å²) in [5.41, 5.74) is -0.781. The summed E-state index contributed by atoms with van der Waals surface area (Å²) in [6.07, 6.45) is 4.59. The van der Waals surface area contributed by atoms with Crippen LogP contribution in [-0.2, 0) is 19.0 Å². The predicted molar refractivity (Wildman–Crippen MR) is 127 cm³/mol. The molecule has 9 atom stereocenters. The molecule has 2 aliphatic heterocycles. The highest BCUT2D eigenvalue weighted by atomic mass is 16.6. The van der Waals surface area contributed by atoms with E-state index in [0.717, 1.165) is 12.0 Å². The number of hydrogen-bond donors (Lipinski definition) is 3. The molecule has 2 saturated heterocycles. The van der Waals surface area contributed by atoms with Gasteiger partial charge in [-0.3, -0.25) is 4.79 Å². The van der Waals surface area contributed by atoms with E-state index in [0.29, 0.717) is 5.92 Å². The minimum Gasteiger partial charge on any atom is -0.481 e. The van der Waals surface area contributed by atoms with Crippen molar-refractivity contribution in [2.24, 2.45) is 17.3 Å². The number of ether oxygens (including phenoxy) is 3. The van der Waals surface area contributed by atoms with E-state index in [1.807, 2.05) is 19.1 Å². The number of carbonyl (C=O) groups is 1. The molecule has 190 valence electrons. The Morgan fingerprint density at radius 1 is 1.30 bits per heavy atom. The van der Waals surface area contributed by atoms with Crippen molar-refractivity contribution in [3.63, 3.8) is 0 Å². The molecule has 33 heavy (non-hydrogen) atoms. The van der Waals surface area contributed by atoms with E-state index in [1.54, 1.807) is 7.11 Å². The lowest BCUT2D eigenvalue weighted by Gasteiger charge is -2.44. The maximum absolute atomic E-state index is 11.1. The Morgan fingerprint density at radius 3 is 2.48 bits per heavy atom. The molecular formula is C26H44O7. The number of carboxylic acids is 1. The Hall–Kier alpha value is -1.25. The third-order valence-corrected chi connectivity index (χ3v) is 7.34. The van der Waals surface area contributed by atoms with Gasteiger partial charge >= 0.3 is 5.97 Å². The van der Waals surface area contributed by atoms with Crippen LogP contribution in [0.15, 0.2) is 23.8 Å². The van der Waals surface area contributed by atoms with Crippen LogP contribution in [0.2, 0.25) is 0 Å². The van der Waals surface area contributed by atoms with Crippen LogP contribution >= 0.6 is 0 Å². The van der Waals surface area contributed by atoms with Crippen LogP contribution in [0.5, 0.6) is 0 Å². The Kier molecular flexibility index (Phi) is 9.33. The highest BCUT2D eigenvalue weighted by Gasteiger charge is 2.48. The predicted octanol–water partition coefficient (Wildman–Crippen LogP) is 3.72. The Bertz CT molecular complexity index is 726. The molecule has 0 amide bonds. The monoisotopic (exact) mass is 468 g/mol. The second kappa shape index (κ2) is 11.0. The van der Waals surface area contributed by atoms with Gasteiger partial charge < -0.3 is 29.5 Å². The zero-order valence-electron chi connectivity index (χ0n) is 21.4. The molecule has 2 rings (SSSR count). The van der Waals surface area contributed by atoms with Gasteiger partial charge in [0.05, 0.1) is 36.9 Å². The average molecular weight is 469 g/mol. The van der Waals surface area contributed by atoms with E-state index in [-0.39, 0.29) is 42.5 Å². The molecule has 3 N–H and O–H groups in total. The number of aliphatic hydroxyl groups is 2. The van der Waals surface area contributed by atoms with Gasteiger partial charge in [-0.15, -0.1) is 0 Å². The third-order valence-electron chi connectivity index (χ3n) is 7.34. The lowest BCUT2D eigenvalue weighted by atomic mass is 9.74. The van der Waals surface area contributed by atoms with Gasteiger partial charge in [-0.05, 0) is 44.1 Å². The van der Waals surface area contributed by atoms with Gasteiger partial charge in [0.15, 0.2) is 0 Å². The lowest BCUT2D eigenvalue weighted by Crippen LogP contribution is -2.58. The minimum atomic E-state index is -1.48. The van der Waals surface area contributed by atoms with Crippen molar-refractivity contribution < 1.29 is 34.3 Å². The molecule has 7 heteroatoms. The molecule has 7 nitrogen and oxygen atoms in total. The average Bonchev–Trinajstić information content (AvgIpc) is 2.98. The molecule has 0 spiro atoms. The number of methoxy groups -OCH3 is 1. The molecule has 0 bridgehead atoms. The first-order chi connectivity index (χ1) is 15.2. The largest absolute Gasteiger partial charge is 0.481 e. The number of rotatable bonds is 9. The standard InChI is InChI=1S/C26H44O7/c1-15(14-25(5,6)24-17(3)22(31-8)18(4)32-24)10-9-11-16(2)23-26(7,30)20(27)12-19(33-23)13-21(28)29/h9-11,15,17-20,22-24,27,30H,12-14H2,1-8H3,(H,28,29)/b10-9-,16-11+/t15-,17-,18-,19-,20-,22-,23-,24?,26-/m1/s1. The first-order valence-corrected chi connectivity index (χ1v) is 12.0. The molecule has 0 aliphatic carbocycles. The summed E-state index contributed by atoms with van der Waals surface area (Å²) in [5, 5.41) is 30.2. The summed E-state index contributed by atoms with van der Waals surface area (Å²) in [6.45, 7) is 14.3. The maximum atomic E-state index is 11.1. The Labute approximate surface area is 198 Å². The van der Waals surface area contributed by atoms with Gasteiger partial charge in [-0.2, -0.15) is 0 Å². The van der Waals surface area contributed by atoms with Crippen molar-refractivity contribution >= 4 is 5.97 Å². The summed E-state index contributed by atoms with van der Waals surface area (Å²) in [7, 11) is 1.74. The van der Waals surface area contributed by atoms with Gasteiger partial charge in [0, 0.05) is 19.4 Å². The zero-order chi connectivity index (χ0) is 25.1.